The molecule has 100 valence electrons. The fraction of sp³-hybridized carbons (Fsp3) is 0.500. The van der Waals surface area contributed by atoms with Crippen molar-refractivity contribution in [1.29, 1.82) is 0 Å². The number of hydrogen-bond acceptors (Lipinski definition) is 3. The van der Waals surface area contributed by atoms with Gasteiger partial charge in [-0.25, -0.2) is 0 Å². The van der Waals surface area contributed by atoms with E-state index in [1.165, 1.54) is 0 Å². The maximum atomic E-state index is 12.3. The second-order valence-electron chi connectivity index (χ2n) is 5.25. The van der Waals surface area contributed by atoms with E-state index in [1.807, 2.05) is 12.1 Å². The van der Waals surface area contributed by atoms with Crippen LogP contribution in [-0.4, -0.2) is 40.8 Å². The van der Waals surface area contributed by atoms with Gasteiger partial charge in [0.1, 0.15) is 6.04 Å². The summed E-state index contributed by atoms with van der Waals surface area (Å²) in [6, 6.07) is 3.59. The Morgan fingerprint density at radius 2 is 2.21 bits per heavy atom. The zero-order chi connectivity index (χ0) is 13.2. The van der Waals surface area contributed by atoms with Crippen molar-refractivity contribution in [2.45, 2.75) is 25.3 Å². The molecule has 0 aromatic carbocycles. The average molecular weight is 259 g/mol. The molecule has 0 spiro atoms. The maximum absolute atomic E-state index is 12.3. The van der Waals surface area contributed by atoms with Gasteiger partial charge in [0, 0.05) is 18.9 Å². The highest BCUT2D eigenvalue weighted by Gasteiger charge is 2.42. The van der Waals surface area contributed by atoms with Gasteiger partial charge in [-0.1, -0.05) is 6.07 Å². The van der Waals surface area contributed by atoms with Crippen LogP contribution in [0.2, 0.25) is 0 Å². The number of piperazine rings is 1. The van der Waals surface area contributed by atoms with E-state index in [0.717, 1.165) is 24.8 Å². The number of carbonyl (C=O) groups excluding carboxylic acids is 2. The van der Waals surface area contributed by atoms with Crippen LogP contribution < -0.4 is 5.32 Å². The third-order valence-corrected chi connectivity index (χ3v) is 3.72. The van der Waals surface area contributed by atoms with Gasteiger partial charge in [-0.3, -0.25) is 14.6 Å². The molecule has 0 radical (unpaired) electrons. The first-order chi connectivity index (χ1) is 9.24. The Kier molecular flexibility index (Phi) is 3.19. The molecular weight excluding hydrogens is 242 g/mol. The molecule has 1 aliphatic heterocycles. The maximum Gasteiger partial charge on any atom is 0.245 e. The Morgan fingerprint density at radius 3 is 2.89 bits per heavy atom. The quantitative estimate of drug-likeness (QED) is 0.849. The monoisotopic (exact) mass is 259 g/mol. The first-order valence-electron chi connectivity index (χ1n) is 6.71. The predicted molar refractivity (Wildman–Crippen MR) is 69.2 cm³/mol. The smallest absolute Gasteiger partial charge is 0.245 e. The molecule has 1 aromatic heterocycles. The number of hydrogen-bond donors (Lipinski definition) is 1. The molecule has 1 N–H and O–H groups in total. The SMILES string of the molecule is O=C1CN(CCc2cccnc2)C(=O)C(C2CC2)N1. The van der Waals surface area contributed by atoms with Gasteiger partial charge in [0.2, 0.25) is 11.8 Å². The molecule has 3 rings (SSSR count). The standard InChI is InChI=1S/C14H17N3O2/c18-12-9-17(7-5-10-2-1-6-15-8-10)14(19)13(16-12)11-3-4-11/h1-2,6,8,11,13H,3-5,7,9H2,(H,16,18). The molecule has 19 heavy (non-hydrogen) atoms. The molecule has 2 aliphatic rings. The molecule has 1 saturated heterocycles. The lowest BCUT2D eigenvalue weighted by atomic mass is 10.1. The molecule has 1 unspecified atom stereocenters. The number of rotatable bonds is 4. The van der Waals surface area contributed by atoms with Crippen molar-refractivity contribution in [2.24, 2.45) is 5.92 Å². The van der Waals surface area contributed by atoms with Crippen LogP contribution in [0.4, 0.5) is 0 Å². The average Bonchev–Trinajstić information content (AvgIpc) is 3.25. The number of nitrogens with zero attached hydrogens (tertiary/aromatic N) is 2. The van der Waals surface area contributed by atoms with Gasteiger partial charge in [-0.2, -0.15) is 0 Å². The molecule has 1 aromatic rings. The number of pyridine rings is 1. The molecule has 1 atom stereocenters. The van der Waals surface area contributed by atoms with E-state index in [1.54, 1.807) is 17.3 Å². The van der Waals surface area contributed by atoms with E-state index in [9.17, 15) is 9.59 Å². The molecule has 2 heterocycles. The highest BCUT2D eigenvalue weighted by molar-refractivity contribution is 5.95. The predicted octanol–water partition coefficient (Wildman–Crippen LogP) is 0.361. The lowest BCUT2D eigenvalue weighted by molar-refractivity contribution is -0.144. The van der Waals surface area contributed by atoms with E-state index in [2.05, 4.69) is 10.3 Å². The van der Waals surface area contributed by atoms with Crippen molar-refractivity contribution in [3.8, 4) is 0 Å². The summed E-state index contributed by atoms with van der Waals surface area (Å²) < 4.78 is 0. The third kappa shape index (κ3) is 2.75. The number of nitrogens with one attached hydrogen (secondary N) is 1. The van der Waals surface area contributed by atoms with Crippen LogP contribution >= 0.6 is 0 Å². The summed E-state index contributed by atoms with van der Waals surface area (Å²) >= 11 is 0. The second-order valence-corrected chi connectivity index (χ2v) is 5.25. The highest BCUT2D eigenvalue weighted by atomic mass is 16.2. The first kappa shape index (κ1) is 12.1. The summed E-state index contributed by atoms with van der Waals surface area (Å²) in [4.78, 5) is 29.7. The van der Waals surface area contributed by atoms with Crippen molar-refractivity contribution in [1.82, 2.24) is 15.2 Å². The van der Waals surface area contributed by atoms with Crippen LogP contribution in [0.25, 0.3) is 0 Å². The third-order valence-electron chi connectivity index (χ3n) is 3.72. The Labute approximate surface area is 112 Å². The van der Waals surface area contributed by atoms with E-state index >= 15 is 0 Å². The lowest BCUT2D eigenvalue weighted by Crippen LogP contribution is -2.59. The van der Waals surface area contributed by atoms with Crippen molar-refractivity contribution >= 4 is 11.8 Å². The van der Waals surface area contributed by atoms with Crippen molar-refractivity contribution in [2.75, 3.05) is 13.1 Å². The van der Waals surface area contributed by atoms with Crippen molar-refractivity contribution in [3.05, 3.63) is 30.1 Å². The van der Waals surface area contributed by atoms with Crippen LogP contribution in [0.1, 0.15) is 18.4 Å². The second kappa shape index (κ2) is 4.99. The minimum Gasteiger partial charge on any atom is -0.342 e. The minimum absolute atomic E-state index is 0.0392. The summed E-state index contributed by atoms with van der Waals surface area (Å²) in [5.41, 5.74) is 1.09. The van der Waals surface area contributed by atoms with Crippen molar-refractivity contribution < 1.29 is 9.59 Å². The van der Waals surface area contributed by atoms with Crippen LogP contribution in [0, 0.1) is 5.92 Å². The van der Waals surface area contributed by atoms with Gasteiger partial charge in [0.05, 0.1) is 6.54 Å². The van der Waals surface area contributed by atoms with Crippen molar-refractivity contribution in [3.63, 3.8) is 0 Å². The van der Waals surface area contributed by atoms with E-state index in [0.29, 0.717) is 12.5 Å². The van der Waals surface area contributed by atoms with Gasteiger partial charge in [-0.05, 0) is 36.8 Å². The molecule has 5 nitrogen and oxygen atoms in total. The van der Waals surface area contributed by atoms with Gasteiger partial charge in [0.25, 0.3) is 0 Å². The molecule has 2 fully saturated rings. The summed E-state index contributed by atoms with van der Waals surface area (Å²) in [5.74, 6) is 0.395. The number of carbonyl (C=O) groups is 2. The summed E-state index contributed by atoms with van der Waals surface area (Å²) in [6.07, 6.45) is 6.36. The largest absolute Gasteiger partial charge is 0.342 e. The van der Waals surface area contributed by atoms with Crippen LogP contribution in [0.15, 0.2) is 24.5 Å². The van der Waals surface area contributed by atoms with Crippen LogP contribution in [-0.2, 0) is 16.0 Å². The summed E-state index contributed by atoms with van der Waals surface area (Å²) in [6.45, 7) is 0.767. The fourth-order valence-corrected chi connectivity index (χ4v) is 2.48. The molecule has 1 aliphatic carbocycles. The summed E-state index contributed by atoms with van der Waals surface area (Å²) in [5, 5.41) is 2.81. The lowest BCUT2D eigenvalue weighted by Gasteiger charge is -2.32. The minimum atomic E-state index is -0.282. The fourth-order valence-electron chi connectivity index (χ4n) is 2.48. The Bertz CT molecular complexity index is 485. The molecule has 5 heteroatoms. The normalized spacial score (nSPS) is 23.4. The van der Waals surface area contributed by atoms with Crippen LogP contribution in [0.3, 0.4) is 0 Å². The molecule has 0 bridgehead atoms. The Hall–Kier alpha value is -1.91. The van der Waals surface area contributed by atoms with Gasteiger partial charge in [0.15, 0.2) is 0 Å². The van der Waals surface area contributed by atoms with E-state index in [4.69, 9.17) is 0 Å². The molecular formula is C14H17N3O2. The zero-order valence-corrected chi connectivity index (χ0v) is 10.7. The zero-order valence-electron chi connectivity index (χ0n) is 10.7. The number of aromatic nitrogens is 1. The van der Waals surface area contributed by atoms with Gasteiger partial charge >= 0.3 is 0 Å². The van der Waals surface area contributed by atoms with Gasteiger partial charge in [-0.15, -0.1) is 0 Å². The van der Waals surface area contributed by atoms with Gasteiger partial charge < -0.3 is 10.2 Å². The first-order valence-corrected chi connectivity index (χ1v) is 6.71. The van der Waals surface area contributed by atoms with Crippen LogP contribution in [0.5, 0.6) is 0 Å². The number of amides is 2. The topological polar surface area (TPSA) is 62.3 Å². The Morgan fingerprint density at radius 1 is 1.37 bits per heavy atom. The molecule has 2 amide bonds. The summed E-state index contributed by atoms with van der Waals surface area (Å²) in [7, 11) is 0. The van der Waals surface area contributed by atoms with E-state index in [-0.39, 0.29) is 24.4 Å². The molecule has 1 saturated carbocycles. The van der Waals surface area contributed by atoms with E-state index < -0.39 is 0 Å². The Balaban J connectivity index is 1.62. The highest BCUT2D eigenvalue weighted by Crippen LogP contribution is 2.34.